The second-order valence-corrected chi connectivity index (χ2v) is 7.66. The molecule has 0 saturated carbocycles. The summed E-state index contributed by atoms with van der Waals surface area (Å²) in [5.41, 5.74) is 1.27. The van der Waals surface area contributed by atoms with Gasteiger partial charge in [0, 0.05) is 18.5 Å². The van der Waals surface area contributed by atoms with E-state index in [1.54, 1.807) is 23.5 Å². The zero-order valence-electron chi connectivity index (χ0n) is 11.5. The molecule has 2 aromatic rings. The Morgan fingerprint density at radius 2 is 2.24 bits per heavy atom. The molecule has 0 atom stereocenters. The molecule has 0 saturated heterocycles. The summed E-state index contributed by atoms with van der Waals surface area (Å²) in [7, 11) is -3.37. The minimum absolute atomic E-state index is 0.00893. The van der Waals surface area contributed by atoms with E-state index in [0.29, 0.717) is 18.7 Å². The van der Waals surface area contributed by atoms with Gasteiger partial charge in [0.25, 0.3) is 0 Å². The number of sulfone groups is 1. The first-order chi connectivity index (χ1) is 10.0. The predicted molar refractivity (Wildman–Crippen MR) is 81.8 cm³/mol. The first-order valence-electron chi connectivity index (χ1n) is 6.36. The van der Waals surface area contributed by atoms with Crippen LogP contribution in [0.3, 0.4) is 0 Å². The van der Waals surface area contributed by atoms with Crippen molar-refractivity contribution < 1.29 is 8.42 Å². The third-order valence-electron chi connectivity index (χ3n) is 2.84. The maximum atomic E-state index is 12.2. The highest BCUT2D eigenvalue weighted by Gasteiger charge is 2.14. The van der Waals surface area contributed by atoms with Crippen molar-refractivity contribution in [2.45, 2.75) is 18.4 Å². The first kappa shape index (κ1) is 15.6. The van der Waals surface area contributed by atoms with Crippen molar-refractivity contribution in [3.8, 4) is 6.07 Å². The molecule has 0 bridgehead atoms. The summed E-state index contributed by atoms with van der Waals surface area (Å²) in [4.78, 5) is 4.48. The standard InChI is InChI=1S/C14H15N3O2S2/c1-11-17-13(10-20-11)9-16-5-6-21(18,19)14-4-2-3-12(7-14)8-15/h2-4,7,10,16H,5-6,9H2,1H3. The third kappa shape index (κ3) is 4.36. The summed E-state index contributed by atoms with van der Waals surface area (Å²) in [5, 5.41) is 14.8. The fourth-order valence-electron chi connectivity index (χ4n) is 1.79. The number of benzene rings is 1. The lowest BCUT2D eigenvalue weighted by Gasteiger charge is -2.05. The number of hydrogen-bond acceptors (Lipinski definition) is 6. The fraction of sp³-hybridized carbons (Fsp3) is 0.286. The Labute approximate surface area is 128 Å². The fourth-order valence-corrected chi connectivity index (χ4v) is 3.64. The van der Waals surface area contributed by atoms with E-state index in [9.17, 15) is 8.42 Å². The van der Waals surface area contributed by atoms with Gasteiger partial charge in [0.1, 0.15) is 0 Å². The number of aryl methyl sites for hydroxylation is 1. The van der Waals surface area contributed by atoms with E-state index in [4.69, 9.17) is 5.26 Å². The lowest BCUT2D eigenvalue weighted by atomic mass is 10.2. The van der Waals surface area contributed by atoms with E-state index < -0.39 is 9.84 Å². The Kier molecular flexibility index (Phi) is 5.07. The summed E-state index contributed by atoms with van der Waals surface area (Å²) in [6.45, 7) is 2.83. The SMILES string of the molecule is Cc1nc(CNCCS(=O)(=O)c2cccc(C#N)c2)cs1. The van der Waals surface area contributed by atoms with Crippen molar-refractivity contribution in [1.29, 1.82) is 5.26 Å². The Morgan fingerprint density at radius 1 is 1.43 bits per heavy atom. The quantitative estimate of drug-likeness (QED) is 0.822. The second-order valence-electron chi connectivity index (χ2n) is 4.49. The van der Waals surface area contributed by atoms with Crippen LogP contribution in [0.15, 0.2) is 34.5 Å². The molecule has 0 radical (unpaired) electrons. The van der Waals surface area contributed by atoms with Crippen LogP contribution in [0.2, 0.25) is 0 Å². The first-order valence-corrected chi connectivity index (χ1v) is 8.89. The van der Waals surface area contributed by atoms with Gasteiger partial charge in [-0.25, -0.2) is 13.4 Å². The Hall–Kier alpha value is -1.75. The molecule has 0 fully saturated rings. The van der Waals surface area contributed by atoms with Crippen molar-refractivity contribution in [3.63, 3.8) is 0 Å². The van der Waals surface area contributed by atoms with Gasteiger partial charge in [-0.2, -0.15) is 5.26 Å². The van der Waals surface area contributed by atoms with Crippen LogP contribution < -0.4 is 5.32 Å². The Morgan fingerprint density at radius 3 is 2.90 bits per heavy atom. The van der Waals surface area contributed by atoms with Gasteiger partial charge in [0.15, 0.2) is 9.84 Å². The van der Waals surface area contributed by atoms with Crippen molar-refractivity contribution in [2.75, 3.05) is 12.3 Å². The molecule has 110 valence electrons. The molecule has 2 rings (SSSR count). The van der Waals surface area contributed by atoms with E-state index >= 15 is 0 Å². The number of nitrogens with zero attached hydrogens (tertiary/aromatic N) is 2. The van der Waals surface area contributed by atoms with Crippen LogP contribution in [-0.2, 0) is 16.4 Å². The van der Waals surface area contributed by atoms with Crippen LogP contribution in [-0.4, -0.2) is 25.7 Å². The van der Waals surface area contributed by atoms with Gasteiger partial charge in [-0.3, -0.25) is 0 Å². The zero-order chi connectivity index (χ0) is 15.3. The highest BCUT2D eigenvalue weighted by atomic mass is 32.2. The molecule has 1 heterocycles. The molecule has 0 unspecified atom stereocenters. The summed E-state index contributed by atoms with van der Waals surface area (Å²) < 4.78 is 24.3. The molecule has 1 aromatic heterocycles. The molecule has 0 amide bonds. The molecule has 0 aliphatic rings. The van der Waals surface area contributed by atoms with Gasteiger partial charge in [0.05, 0.1) is 33.0 Å². The van der Waals surface area contributed by atoms with E-state index in [-0.39, 0.29) is 10.6 Å². The maximum absolute atomic E-state index is 12.2. The number of hydrogen-bond donors (Lipinski definition) is 1. The number of aromatic nitrogens is 1. The second kappa shape index (κ2) is 6.80. The molecule has 0 aliphatic heterocycles. The highest BCUT2D eigenvalue weighted by molar-refractivity contribution is 7.91. The molecule has 1 N–H and O–H groups in total. The minimum Gasteiger partial charge on any atom is -0.310 e. The number of thiazole rings is 1. The van der Waals surface area contributed by atoms with Crippen LogP contribution in [0.4, 0.5) is 0 Å². The Balaban J connectivity index is 1.90. The molecule has 7 heteroatoms. The zero-order valence-corrected chi connectivity index (χ0v) is 13.2. The van der Waals surface area contributed by atoms with Gasteiger partial charge < -0.3 is 5.32 Å². The normalized spacial score (nSPS) is 11.2. The van der Waals surface area contributed by atoms with Gasteiger partial charge >= 0.3 is 0 Å². The van der Waals surface area contributed by atoms with E-state index in [1.807, 2.05) is 18.4 Å². The molecule has 1 aromatic carbocycles. The van der Waals surface area contributed by atoms with Crippen molar-refractivity contribution in [3.05, 3.63) is 45.9 Å². The monoisotopic (exact) mass is 321 g/mol. The summed E-state index contributed by atoms with van der Waals surface area (Å²) in [5.74, 6) is -0.00893. The lowest BCUT2D eigenvalue weighted by Crippen LogP contribution is -2.23. The van der Waals surface area contributed by atoms with Crippen LogP contribution in [0.5, 0.6) is 0 Å². The molecular weight excluding hydrogens is 306 g/mol. The van der Waals surface area contributed by atoms with E-state index in [0.717, 1.165) is 10.7 Å². The van der Waals surface area contributed by atoms with Crippen LogP contribution in [0, 0.1) is 18.3 Å². The largest absolute Gasteiger partial charge is 0.310 e. The lowest BCUT2D eigenvalue weighted by molar-refractivity contribution is 0.590. The minimum atomic E-state index is -3.37. The van der Waals surface area contributed by atoms with Crippen molar-refractivity contribution >= 4 is 21.2 Å². The van der Waals surface area contributed by atoms with E-state index in [2.05, 4.69) is 10.3 Å². The van der Waals surface area contributed by atoms with Gasteiger partial charge in [0.2, 0.25) is 0 Å². The number of rotatable bonds is 6. The maximum Gasteiger partial charge on any atom is 0.179 e. The van der Waals surface area contributed by atoms with Gasteiger partial charge in [-0.15, -0.1) is 11.3 Å². The average molecular weight is 321 g/mol. The van der Waals surface area contributed by atoms with Crippen molar-refractivity contribution in [2.24, 2.45) is 0 Å². The summed E-state index contributed by atoms with van der Waals surface area (Å²) >= 11 is 1.57. The predicted octanol–water partition coefficient (Wildman–Crippen LogP) is 1.89. The van der Waals surface area contributed by atoms with Crippen LogP contribution in [0.1, 0.15) is 16.3 Å². The van der Waals surface area contributed by atoms with E-state index in [1.165, 1.54) is 12.1 Å². The van der Waals surface area contributed by atoms with Gasteiger partial charge in [-0.1, -0.05) is 6.07 Å². The average Bonchev–Trinajstić information content (AvgIpc) is 2.89. The smallest absolute Gasteiger partial charge is 0.179 e. The highest BCUT2D eigenvalue weighted by Crippen LogP contribution is 2.12. The number of nitriles is 1. The van der Waals surface area contributed by atoms with Crippen LogP contribution >= 0.6 is 11.3 Å². The Bertz CT molecular complexity index is 761. The molecule has 21 heavy (non-hydrogen) atoms. The number of nitrogens with one attached hydrogen (secondary N) is 1. The molecule has 0 spiro atoms. The van der Waals surface area contributed by atoms with Crippen LogP contribution in [0.25, 0.3) is 0 Å². The molecule has 5 nitrogen and oxygen atoms in total. The van der Waals surface area contributed by atoms with Crippen molar-refractivity contribution in [1.82, 2.24) is 10.3 Å². The summed E-state index contributed by atoms with van der Waals surface area (Å²) in [6.07, 6.45) is 0. The topological polar surface area (TPSA) is 82.8 Å². The summed E-state index contributed by atoms with van der Waals surface area (Å²) in [6, 6.07) is 8.02. The van der Waals surface area contributed by atoms with Gasteiger partial charge in [-0.05, 0) is 25.1 Å². The third-order valence-corrected chi connectivity index (χ3v) is 5.38. The molecular formula is C14H15N3O2S2. The molecule has 0 aliphatic carbocycles.